The minimum absolute atomic E-state index is 0.332. The summed E-state index contributed by atoms with van der Waals surface area (Å²) >= 11 is 0. The van der Waals surface area contributed by atoms with Crippen LogP contribution >= 0.6 is 0 Å². The molecule has 0 atom stereocenters. The predicted octanol–water partition coefficient (Wildman–Crippen LogP) is 2.84. The number of ether oxygens (including phenoxy) is 1. The topological polar surface area (TPSA) is 60.7 Å². The number of rotatable bonds is 1. The number of carbonyl (C=O) groups excluding carboxylic acids is 2. The molecule has 1 fully saturated rings. The van der Waals surface area contributed by atoms with Crippen molar-refractivity contribution in [2.24, 2.45) is 0 Å². The molecule has 22 heavy (non-hydrogen) atoms. The number of aromatic nitrogens is 2. The van der Waals surface area contributed by atoms with Crippen LogP contribution in [0.25, 0.3) is 11.2 Å². The molecule has 5 heteroatoms. The molecule has 0 amide bonds. The fourth-order valence-corrected chi connectivity index (χ4v) is 2.87. The molecule has 0 aromatic carbocycles. The highest BCUT2D eigenvalue weighted by atomic mass is 16.6. The first-order valence-corrected chi connectivity index (χ1v) is 7.01. The number of hydrogen-bond acceptors (Lipinski definition) is 4. The normalized spacial score (nSPS) is 17.2. The predicted molar refractivity (Wildman–Crippen MR) is 82.0 cm³/mol. The molecule has 2 aromatic rings. The van der Waals surface area contributed by atoms with E-state index < -0.39 is 11.9 Å². The Kier molecular flexibility index (Phi) is 3.20. The van der Waals surface area contributed by atoms with E-state index in [1.807, 2.05) is 42.6 Å². The van der Waals surface area contributed by atoms with Crippen LogP contribution in [-0.4, -0.2) is 21.3 Å². The summed E-state index contributed by atoms with van der Waals surface area (Å²) in [6, 6.07) is 5.70. The average Bonchev–Trinajstić information content (AvgIpc) is 2.93. The second kappa shape index (κ2) is 4.94. The van der Waals surface area contributed by atoms with Crippen LogP contribution in [0.1, 0.15) is 32.2 Å². The first-order valence-electron chi connectivity index (χ1n) is 7.01. The van der Waals surface area contributed by atoms with Gasteiger partial charge in [0.15, 0.2) is 0 Å². The van der Waals surface area contributed by atoms with E-state index in [4.69, 9.17) is 4.74 Å². The lowest BCUT2D eigenvalue weighted by molar-refractivity contribution is -0.149. The third-order valence-electron chi connectivity index (χ3n) is 3.78. The van der Waals surface area contributed by atoms with E-state index in [0.717, 1.165) is 22.6 Å². The van der Waals surface area contributed by atoms with Crippen molar-refractivity contribution in [1.29, 1.82) is 0 Å². The zero-order valence-corrected chi connectivity index (χ0v) is 12.9. The molecule has 0 unspecified atom stereocenters. The van der Waals surface area contributed by atoms with Crippen LogP contribution < -0.4 is 0 Å². The molecule has 5 nitrogen and oxygen atoms in total. The summed E-state index contributed by atoms with van der Waals surface area (Å²) in [5.74, 6) is -1.17. The third kappa shape index (κ3) is 1.97. The minimum atomic E-state index is -0.594. The molecule has 1 saturated heterocycles. The largest absolute Gasteiger partial charge is 0.386 e. The molecule has 112 valence electrons. The quantitative estimate of drug-likeness (QED) is 0.461. The molecule has 0 N–H and O–H groups in total. The Morgan fingerprint density at radius 3 is 2.45 bits per heavy atom. The summed E-state index contributed by atoms with van der Waals surface area (Å²) in [4.78, 5) is 28.5. The minimum Gasteiger partial charge on any atom is -0.386 e. The standard InChI is InChI=1S/C17H16N2O3/c1-9(2)13-14(17(21)22-16(13)20)10(3)15-11(4)18-12-7-5-6-8-19(12)15/h5-8H,1-4H3/b14-10-. The molecular formula is C17H16N2O3. The van der Waals surface area contributed by atoms with Gasteiger partial charge in [-0.15, -0.1) is 0 Å². The van der Waals surface area contributed by atoms with Crippen molar-refractivity contribution in [3.8, 4) is 0 Å². The Hall–Kier alpha value is -2.69. The molecule has 1 aliphatic heterocycles. The highest BCUT2D eigenvalue weighted by molar-refractivity contribution is 6.22. The fourth-order valence-electron chi connectivity index (χ4n) is 2.87. The van der Waals surface area contributed by atoms with Crippen molar-refractivity contribution in [3.63, 3.8) is 0 Å². The lowest BCUT2D eigenvalue weighted by Gasteiger charge is -2.07. The van der Waals surface area contributed by atoms with Gasteiger partial charge in [-0.1, -0.05) is 11.6 Å². The molecule has 0 spiro atoms. The Morgan fingerprint density at radius 1 is 1.09 bits per heavy atom. The molecule has 0 aliphatic carbocycles. The maximum atomic E-state index is 12.1. The lowest BCUT2D eigenvalue weighted by atomic mass is 9.97. The Morgan fingerprint density at radius 2 is 1.77 bits per heavy atom. The number of fused-ring (bicyclic) bond motifs is 1. The van der Waals surface area contributed by atoms with Crippen molar-refractivity contribution >= 4 is 23.2 Å². The molecule has 2 aromatic heterocycles. The van der Waals surface area contributed by atoms with Crippen molar-refractivity contribution in [2.45, 2.75) is 27.7 Å². The van der Waals surface area contributed by atoms with Crippen LogP contribution in [0.4, 0.5) is 0 Å². The number of hydrogen-bond donors (Lipinski definition) is 0. The van der Waals surface area contributed by atoms with Crippen LogP contribution in [0.15, 0.2) is 41.1 Å². The monoisotopic (exact) mass is 296 g/mol. The fraction of sp³-hybridized carbons (Fsp3) is 0.235. The number of pyridine rings is 1. The molecule has 0 saturated carbocycles. The highest BCUT2D eigenvalue weighted by Gasteiger charge is 2.36. The summed E-state index contributed by atoms with van der Waals surface area (Å²) in [6.45, 7) is 7.30. The smallest absolute Gasteiger partial charge is 0.347 e. The van der Waals surface area contributed by atoms with Gasteiger partial charge in [0.1, 0.15) is 5.65 Å². The number of nitrogens with zero attached hydrogens (tertiary/aromatic N) is 2. The first kappa shape index (κ1) is 14.3. The Balaban J connectivity index is 2.35. The van der Waals surface area contributed by atoms with E-state index in [2.05, 4.69) is 4.98 Å². The van der Waals surface area contributed by atoms with E-state index in [0.29, 0.717) is 16.7 Å². The maximum absolute atomic E-state index is 12.1. The van der Waals surface area contributed by atoms with Gasteiger partial charge in [0.2, 0.25) is 0 Å². The summed E-state index contributed by atoms with van der Waals surface area (Å²) in [6.07, 6.45) is 1.89. The van der Waals surface area contributed by atoms with Crippen LogP contribution in [0.3, 0.4) is 0 Å². The molecular weight excluding hydrogens is 280 g/mol. The molecule has 3 heterocycles. The van der Waals surface area contributed by atoms with Crippen molar-refractivity contribution in [3.05, 3.63) is 52.5 Å². The number of cyclic esters (lactones) is 2. The molecule has 0 bridgehead atoms. The third-order valence-corrected chi connectivity index (χ3v) is 3.78. The van der Waals surface area contributed by atoms with Crippen molar-refractivity contribution in [1.82, 2.24) is 9.38 Å². The number of carbonyl (C=O) groups is 2. The van der Waals surface area contributed by atoms with Crippen LogP contribution in [0, 0.1) is 6.92 Å². The van der Waals surface area contributed by atoms with E-state index in [1.54, 1.807) is 13.8 Å². The van der Waals surface area contributed by atoms with Crippen molar-refractivity contribution in [2.75, 3.05) is 0 Å². The highest BCUT2D eigenvalue weighted by Crippen LogP contribution is 2.33. The second-order valence-electron chi connectivity index (χ2n) is 5.53. The van der Waals surface area contributed by atoms with Gasteiger partial charge in [0, 0.05) is 6.20 Å². The number of aryl methyl sites for hydroxylation is 1. The number of esters is 2. The van der Waals surface area contributed by atoms with Gasteiger partial charge in [0.05, 0.1) is 22.5 Å². The van der Waals surface area contributed by atoms with E-state index in [9.17, 15) is 9.59 Å². The maximum Gasteiger partial charge on any atom is 0.347 e. The SMILES string of the molecule is CC(C)=C1C(=O)OC(=O)/C1=C(/C)c1c(C)nc2ccccn12. The zero-order chi connectivity index (χ0) is 16.0. The van der Waals surface area contributed by atoms with Crippen LogP contribution in [-0.2, 0) is 14.3 Å². The Bertz CT molecular complexity index is 880. The molecule has 1 aliphatic rings. The molecule has 3 rings (SSSR count). The van der Waals surface area contributed by atoms with E-state index in [-0.39, 0.29) is 0 Å². The van der Waals surface area contributed by atoms with Crippen LogP contribution in [0.5, 0.6) is 0 Å². The van der Waals surface area contributed by atoms with E-state index >= 15 is 0 Å². The van der Waals surface area contributed by atoms with Gasteiger partial charge in [-0.3, -0.25) is 4.40 Å². The first-order chi connectivity index (χ1) is 10.4. The van der Waals surface area contributed by atoms with Gasteiger partial charge < -0.3 is 4.74 Å². The second-order valence-corrected chi connectivity index (χ2v) is 5.53. The van der Waals surface area contributed by atoms with E-state index in [1.165, 1.54) is 0 Å². The summed E-state index contributed by atoms with van der Waals surface area (Å²) in [5.41, 5.74) is 4.56. The van der Waals surface area contributed by atoms with Gasteiger partial charge in [0.25, 0.3) is 0 Å². The zero-order valence-electron chi connectivity index (χ0n) is 12.9. The molecule has 0 radical (unpaired) electrons. The van der Waals surface area contributed by atoms with Gasteiger partial charge >= 0.3 is 11.9 Å². The number of allylic oxidation sites excluding steroid dienone is 2. The lowest BCUT2D eigenvalue weighted by Crippen LogP contribution is -2.02. The van der Waals surface area contributed by atoms with Gasteiger partial charge in [-0.25, -0.2) is 14.6 Å². The van der Waals surface area contributed by atoms with Gasteiger partial charge in [-0.2, -0.15) is 0 Å². The summed E-state index contributed by atoms with van der Waals surface area (Å²) in [5, 5.41) is 0. The Labute approximate surface area is 127 Å². The van der Waals surface area contributed by atoms with Crippen LogP contribution in [0.2, 0.25) is 0 Å². The average molecular weight is 296 g/mol. The summed E-state index contributed by atoms with van der Waals surface area (Å²) in [7, 11) is 0. The van der Waals surface area contributed by atoms with Crippen molar-refractivity contribution < 1.29 is 14.3 Å². The van der Waals surface area contributed by atoms with Gasteiger partial charge in [-0.05, 0) is 45.4 Å². The summed E-state index contributed by atoms with van der Waals surface area (Å²) < 4.78 is 6.71. The number of imidazole rings is 1.